The van der Waals surface area contributed by atoms with Crippen LogP contribution in [0, 0.1) is 75.4 Å². The fourth-order valence-corrected chi connectivity index (χ4v) is 17.9. The van der Waals surface area contributed by atoms with Crippen molar-refractivity contribution in [3.05, 3.63) is 52.6 Å². The number of esters is 2. The van der Waals surface area contributed by atoms with E-state index < -0.39 is 23.4 Å². The molecule has 9 rings (SSSR count). The van der Waals surface area contributed by atoms with E-state index >= 15 is 0 Å². The molecule has 1 aromatic rings. The minimum atomic E-state index is -1.01. The highest BCUT2D eigenvalue weighted by Gasteiger charge is 2.67. The van der Waals surface area contributed by atoms with Crippen molar-refractivity contribution in [2.24, 2.45) is 63.6 Å². The number of benzene rings is 1. The number of alkyl carbamates (subject to hydrolysis) is 1. The zero-order chi connectivity index (χ0) is 56.0. The second kappa shape index (κ2) is 23.3. The Hall–Kier alpha value is -4.22. The molecule has 13 nitrogen and oxygen atoms in total. The van der Waals surface area contributed by atoms with Crippen LogP contribution in [0.25, 0.3) is 0 Å². The maximum Gasteiger partial charge on any atom is 0.407 e. The van der Waals surface area contributed by atoms with E-state index in [1.807, 2.05) is 33.8 Å². The number of aliphatic hydroxyl groups excluding tert-OH is 1. The smallest absolute Gasteiger partial charge is 0.407 e. The SMILES string of the molecule is CC#C[C@]1(O)CCC2C3CCC4=CC(=O)CCC4=C3[C@@H](c3ccc(N(C)CCO[C@H]4CC[C@@]5(C)[C@@H](C4)C[C@@H](OCOC(=O)CCCNC(=O)OC(C)(C)C)[C@@H]4[C@@H]5C[C@H](O)[C@]5(C)[C@@H]([C@H](C)CCC(=O)OC)CC[C@@H]45)cc3)C[C@@]21C. The second-order valence-corrected chi connectivity index (χ2v) is 27.0. The number of anilines is 1. The van der Waals surface area contributed by atoms with Crippen LogP contribution in [0.5, 0.6) is 0 Å². The van der Waals surface area contributed by atoms with Crippen LogP contribution >= 0.6 is 0 Å². The number of carbonyl (C=O) groups is 4. The molecule has 0 aromatic heterocycles. The van der Waals surface area contributed by atoms with Crippen molar-refractivity contribution >= 4 is 29.5 Å². The molecule has 1 aromatic carbocycles. The number of methoxy groups -OCH3 is 1. The third-order valence-electron chi connectivity index (χ3n) is 22.0. The minimum Gasteiger partial charge on any atom is -0.469 e. The van der Waals surface area contributed by atoms with Gasteiger partial charge in [0.05, 0.1) is 32.0 Å². The van der Waals surface area contributed by atoms with Crippen LogP contribution < -0.4 is 10.2 Å². The van der Waals surface area contributed by atoms with Gasteiger partial charge in [0.25, 0.3) is 0 Å². The van der Waals surface area contributed by atoms with Gasteiger partial charge in [-0.05, 0) is 217 Å². The van der Waals surface area contributed by atoms with Crippen molar-refractivity contribution in [1.82, 2.24) is 5.32 Å². The number of carbonyl (C=O) groups excluding carboxylic acids is 4. The van der Waals surface area contributed by atoms with Gasteiger partial charge in [0.15, 0.2) is 12.6 Å². The molecule has 6 fully saturated rings. The summed E-state index contributed by atoms with van der Waals surface area (Å²) in [6.45, 7) is 18.0. The van der Waals surface area contributed by atoms with Gasteiger partial charge in [0, 0.05) is 56.4 Å². The molecule has 0 radical (unpaired) electrons. The third-order valence-corrected chi connectivity index (χ3v) is 22.0. The number of rotatable bonds is 17. The van der Waals surface area contributed by atoms with Crippen molar-refractivity contribution in [3.63, 3.8) is 0 Å². The van der Waals surface area contributed by atoms with Gasteiger partial charge in [0.1, 0.15) is 11.2 Å². The summed E-state index contributed by atoms with van der Waals surface area (Å²) in [5.41, 5.74) is 4.26. The normalized spacial score (nSPS) is 37.2. The van der Waals surface area contributed by atoms with E-state index in [9.17, 15) is 29.4 Å². The Morgan fingerprint density at radius 1 is 0.910 bits per heavy atom. The lowest BCUT2D eigenvalue weighted by atomic mass is 9.43. The summed E-state index contributed by atoms with van der Waals surface area (Å²) in [6, 6.07) is 9.07. The summed E-state index contributed by atoms with van der Waals surface area (Å²) in [6.07, 6.45) is 14.7. The number of hydrogen-bond acceptors (Lipinski definition) is 12. The molecule has 0 aliphatic heterocycles. The maximum atomic E-state index is 13.0. The Balaban J connectivity index is 0.852. The largest absolute Gasteiger partial charge is 0.469 e. The monoisotopic (exact) mass is 1080 g/mol. The molecule has 8 aliphatic carbocycles. The molecule has 0 saturated heterocycles. The zero-order valence-electron chi connectivity index (χ0n) is 48.9. The molecule has 2 unspecified atom stereocenters. The highest BCUT2D eigenvalue weighted by molar-refractivity contribution is 5.93. The summed E-state index contributed by atoms with van der Waals surface area (Å²) < 4.78 is 29.7. The Morgan fingerprint density at radius 3 is 2.41 bits per heavy atom. The van der Waals surface area contributed by atoms with Gasteiger partial charge in [-0.25, -0.2) is 4.79 Å². The van der Waals surface area contributed by atoms with Crippen LogP contribution in [-0.4, -0.2) is 104 Å². The number of nitrogens with one attached hydrogen (secondary N) is 1. The molecule has 3 N–H and O–H groups in total. The number of nitrogens with zero attached hydrogens (tertiary/aromatic N) is 1. The van der Waals surface area contributed by atoms with Crippen LogP contribution in [0.1, 0.15) is 182 Å². The number of hydrogen-bond donors (Lipinski definition) is 3. The molecule has 1 amide bonds. The number of ketones is 1. The van der Waals surface area contributed by atoms with Gasteiger partial charge < -0.3 is 44.1 Å². The molecule has 16 atom stereocenters. The first-order valence-corrected chi connectivity index (χ1v) is 30.1. The Bertz CT molecular complexity index is 2500. The van der Waals surface area contributed by atoms with Gasteiger partial charge >= 0.3 is 18.0 Å². The highest BCUT2D eigenvalue weighted by Crippen LogP contribution is 2.70. The molecular weight excluding hydrogens is 985 g/mol. The van der Waals surface area contributed by atoms with E-state index in [0.29, 0.717) is 63.0 Å². The Labute approximate surface area is 466 Å². The number of aliphatic hydroxyl groups is 2. The zero-order valence-corrected chi connectivity index (χ0v) is 48.9. The summed E-state index contributed by atoms with van der Waals surface area (Å²) in [5, 5.41) is 27.3. The first-order chi connectivity index (χ1) is 37.0. The predicted molar refractivity (Wildman–Crippen MR) is 300 cm³/mol. The van der Waals surface area contributed by atoms with Crippen LogP contribution in [0.3, 0.4) is 0 Å². The fourth-order valence-electron chi connectivity index (χ4n) is 17.9. The first-order valence-electron chi connectivity index (χ1n) is 30.1. The van der Waals surface area contributed by atoms with Crippen molar-refractivity contribution in [3.8, 4) is 11.8 Å². The number of allylic oxidation sites excluding steroid dienone is 4. The number of ether oxygens (including phenoxy) is 5. The van der Waals surface area contributed by atoms with Gasteiger partial charge in [-0.15, -0.1) is 5.92 Å². The van der Waals surface area contributed by atoms with Crippen LogP contribution in [0.2, 0.25) is 0 Å². The molecule has 0 bridgehead atoms. The second-order valence-electron chi connectivity index (χ2n) is 27.0. The van der Waals surface area contributed by atoms with Crippen LogP contribution in [-0.2, 0) is 38.1 Å². The maximum absolute atomic E-state index is 13.0. The van der Waals surface area contributed by atoms with Gasteiger partial charge in [-0.1, -0.05) is 51.3 Å². The van der Waals surface area contributed by atoms with E-state index in [4.69, 9.17) is 23.7 Å². The quantitative estimate of drug-likeness (QED) is 0.0444. The minimum absolute atomic E-state index is 0.0190. The van der Waals surface area contributed by atoms with E-state index in [2.05, 4.69) is 81.1 Å². The van der Waals surface area contributed by atoms with Gasteiger partial charge in [-0.3, -0.25) is 14.4 Å². The van der Waals surface area contributed by atoms with Crippen molar-refractivity contribution in [2.45, 2.75) is 206 Å². The van der Waals surface area contributed by atoms with E-state index in [1.54, 1.807) is 0 Å². The molecule has 78 heavy (non-hydrogen) atoms. The number of fused-ring (bicyclic) bond motifs is 9. The van der Waals surface area contributed by atoms with Gasteiger partial charge in [0.2, 0.25) is 0 Å². The average molecular weight is 1080 g/mol. The Kier molecular flexibility index (Phi) is 17.5. The van der Waals surface area contributed by atoms with Crippen molar-refractivity contribution < 1.29 is 53.1 Å². The van der Waals surface area contributed by atoms with Gasteiger partial charge in [-0.2, -0.15) is 0 Å². The van der Waals surface area contributed by atoms with Crippen molar-refractivity contribution in [1.29, 1.82) is 0 Å². The standard InChI is InChI=1S/C65H94N2O11/c1-11-28-65(73)30-27-51-48-21-17-42-34-45(68)20-22-47(42)58(48)49(38-63(51,65)7)41-15-18-44(19-16-41)67(9)32-33-75-46-26-29-62(6)43(35-46)36-54(76-39-77-57(71)13-12-31-66-60(72)78-61(3,4)5)59-52-24-23-50(40(2)14-25-56(70)74-10)64(52,8)55(69)37-53(59)62/h15-16,18-19,34,40,43,46,48-55,59,69,73H,12-14,17,20-27,29-33,35-39H2,1-10H3,(H,66,72)/t40-,43+,46+,48?,49-,50-,51?,52+,53+,54-,55+,59+,62+,63+,64-,65+/m1/s1. The lowest BCUT2D eigenvalue weighted by Crippen LogP contribution is -2.63. The van der Waals surface area contributed by atoms with Crippen LogP contribution in [0.4, 0.5) is 10.5 Å². The molecule has 430 valence electrons. The topological polar surface area (TPSA) is 170 Å². The first kappa shape index (κ1) is 58.4. The lowest BCUT2D eigenvalue weighted by molar-refractivity contribution is -0.232. The van der Waals surface area contributed by atoms with E-state index in [1.165, 1.54) is 29.4 Å². The predicted octanol–water partition coefficient (Wildman–Crippen LogP) is 11.2. The number of likely N-dealkylation sites (N-methyl/N-ethyl adjacent to an activating group) is 1. The molecular formula is C65H94N2O11. The van der Waals surface area contributed by atoms with Crippen molar-refractivity contribution in [2.75, 3.05) is 45.5 Å². The molecule has 6 saturated carbocycles. The summed E-state index contributed by atoms with van der Waals surface area (Å²) in [4.78, 5) is 52.3. The Morgan fingerprint density at radius 2 is 1.68 bits per heavy atom. The third kappa shape index (κ3) is 11.4. The lowest BCUT2D eigenvalue weighted by Gasteiger charge is -2.64. The fraction of sp³-hybridized carbons (Fsp3) is 0.754. The molecule has 8 aliphatic rings. The summed E-state index contributed by atoms with van der Waals surface area (Å²) in [5.74, 6) is 8.35. The van der Waals surface area contributed by atoms with Crippen LogP contribution in [0.15, 0.2) is 47.1 Å². The summed E-state index contributed by atoms with van der Waals surface area (Å²) >= 11 is 0. The van der Waals surface area contributed by atoms with E-state index in [-0.39, 0.29) is 94.9 Å². The number of amides is 1. The molecule has 0 heterocycles. The molecule has 13 heteroatoms. The summed E-state index contributed by atoms with van der Waals surface area (Å²) in [7, 11) is 3.57. The molecule has 0 spiro atoms. The van der Waals surface area contributed by atoms with E-state index in [0.717, 1.165) is 89.3 Å². The highest BCUT2D eigenvalue weighted by atomic mass is 16.7. The average Bonchev–Trinajstić information content (AvgIpc) is 4.08.